The van der Waals surface area contributed by atoms with E-state index in [1.165, 1.54) is 25.9 Å². The van der Waals surface area contributed by atoms with Crippen molar-refractivity contribution in [3.63, 3.8) is 0 Å². The van der Waals surface area contributed by atoms with E-state index >= 15 is 0 Å². The molecular weight excluding hydrogens is 214 g/mol. The number of likely N-dealkylation sites (tertiary alicyclic amines) is 1. The monoisotopic (exact) mass is 235 g/mol. The van der Waals surface area contributed by atoms with Crippen LogP contribution in [-0.4, -0.2) is 38.8 Å². The molecule has 1 aromatic carbocycles. The van der Waals surface area contributed by atoms with Gasteiger partial charge in [-0.05, 0) is 63.2 Å². The fraction of sp³-hybridized carbons (Fsp3) is 0.571. The number of rotatable bonds is 4. The maximum Gasteiger partial charge on any atom is 0.119 e. The summed E-state index contributed by atoms with van der Waals surface area (Å²) in [5.41, 5.74) is 0. The van der Waals surface area contributed by atoms with Crippen molar-refractivity contribution in [2.75, 3.05) is 33.9 Å². The highest BCUT2D eigenvalue weighted by atomic mass is 16.5. The van der Waals surface area contributed by atoms with E-state index in [-0.39, 0.29) is 0 Å². The fourth-order valence-corrected chi connectivity index (χ4v) is 2.11. The second-order valence-electron chi connectivity index (χ2n) is 4.73. The van der Waals surface area contributed by atoms with E-state index in [1.54, 1.807) is 7.11 Å². The third kappa shape index (κ3) is 3.63. The summed E-state index contributed by atoms with van der Waals surface area (Å²) in [6.07, 6.45) is 2.49. The van der Waals surface area contributed by atoms with E-state index in [0.29, 0.717) is 5.92 Å². The number of benzene rings is 1. The molecule has 0 aromatic heterocycles. The SMILES string of the molecule is COc1ccc(OCC2CCN(C)CC2)cc1. The van der Waals surface area contributed by atoms with Crippen LogP contribution >= 0.6 is 0 Å². The summed E-state index contributed by atoms with van der Waals surface area (Å²) in [7, 11) is 3.86. The summed E-state index contributed by atoms with van der Waals surface area (Å²) in [4.78, 5) is 2.38. The van der Waals surface area contributed by atoms with E-state index in [9.17, 15) is 0 Å². The second-order valence-corrected chi connectivity index (χ2v) is 4.73. The van der Waals surface area contributed by atoms with Crippen molar-refractivity contribution in [3.8, 4) is 11.5 Å². The molecule has 1 heterocycles. The molecule has 3 heteroatoms. The normalized spacial score (nSPS) is 18.0. The molecule has 1 aliphatic rings. The molecule has 2 rings (SSSR count). The Labute approximate surface area is 103 Å². The first kappa shape index (κ1) is 12.2. The standard InChI is InChI=1S/C14H21NO2/c1-15-9-7-12(8-10-15)11-17-14-5-3-13(16-2)4-6-14/h3-6,12H,7-11H2,1-2H3. The maximum absolute atomic E-state index is 5.81. The lowest BCUT2D eigenvalue weighted by atomic mass is 9.98. The topological polar surface area (TPSA) is 21.7 Å². The van der Waals surface area contributed by atoms with E-state index in [4.69, 9.17) is 9.47 Å². The Balaban J connectivity index is 1.77. The largest absolute Gasteiger partial charge is 0.497 e. The minimum atomic E-state index is 0.702. The molecule has 0 atom stereocenters. The Morgan fingerprint density at radius 2 is 1.71 bits per heavy atom. The van der Waals surface area contributed by atoms with Gasteiger partial charge in [-0.3, -0.25) is 0 Å². The van der Waals surface area contributed by atoms with Gasteiger partial charge < -0.3 is 14.4 Å². The molecule has 3 nitrogen and oxygen atoms in total. The first-order valence-corrected chi connectivity index (χ1v) is 6.23. The van der Waals surface area contributed by atoms with Crippen molar-refractivity contribution in [1.82, 2.24) is 4.90 Å². The summed E-state index contributed by atoms with van der Waals surface area (Å²) in [5.74, 6) is 2.51. The Bertz CT molecular complexity index is 329. The molecule has 1 saturated heterocycles. The zero-order valence-corrected chi connectivity index (χ0v) is 10.7. The Morgan fingerprint density at radius 1 is 1.12 bits per heavy atom. The van der Waals surface area contributed by atoms with Crippen molar-refractivity contribution < 1.29 is 9.47 Å². The third-order valence-electron chi connectivity index (χ3n) is 3.38. The fourth-order valence-electron chi connectivity index (χ4n) is 2.11. The van der Waals surface area contributed by atoms with Crippen LogP contribution in [0.25, 0.3) is 0 Å². The molecule has 0 amide bonds. The van der Waals surface area contributed by atoms with Crippen LogP contribution in [0.4, 0.5) is 0 Å². The highest BCUT2D eigenvalue weighted by Gasteiger charge is 2.16. The molecule has 94 valence electrons. The Kier molecular flexibility index (Phi) is 4.26. The average molecular weight is 235 g/mol. The average Bonchev–Trinajstić information content (AvgIpc) is 2.39. The lowest BCUT2D eigenvalue weighted by Gasteiger charge is -2.28. The van der Waals surface area contributed by atoms with Gasteiger partial charge in [0.1, 0.15) is 11.5 Å². The first-order valence-electron chi connectivity index (χ1n) is 6.23. The van der Waals surface area contributed by atoms with E-state index in [2.05, 4.69) is 11.9 Å². The lowest BCUT2D eigenvalue weighted by Crippen LogP contribution is -2.32. The van der Waals surface area contributed by atoms with Crippen LogP contribution in [0.5, 0.6) is 11.5 Å². The molecule has 17 heavy (non-hydrogen) atoms. The molecule has 0 aliphatic carbocycles. The zero-order valence-electron chi connectivity index (χ0n) is 10.7. The van der Waals surface area contributed by atoms with Crippen LogP contribution in [0.2, 0.25) is 0 Å². The second kappa shape index (κ2) is 5.92. The summed E-state index contributed by atoms with van der Waals surface area (Å²) in [6, 6.07) is 7.80. The molecule has 0 N–H and O–H groups in total. The van der Waals surface area contributed by atoms with Crippen molar-refractivity contribution in [2.24, 2.45) is 5.92 Å². The predicted molar refractivity (Wildman–Crippen MR) is 68.7 cm³/mol. The highest BCUT2D eigenvalue weighted by molar-refractivity contribution is 5.31. The van der Waals surface area contributed by atoms with Crippen LogP contribution in [0, 0.1) is 5.92 Å². The first-order chi connectivity index (χ1) is 8.28. The van der Waals surface area contributed by atoms with Gasteiger partial charge in [-0.15, -0.1) is 0 Å². The van der Waals surface area contributed by atoms with Gasteiger partial charge in [0.15, 0.2) is 0 Å². The van der Waals surface area contributed by atoms with Gasteiger partial charge in [0.25, 0.3) is 0 Å². The van der Waals surface area contributed by atoms with Gasteiger partial charge in [-0.2, -0.15) is 0 Å². The maximum atomic E-state index is 5.81. The summed E-state index contributed by atoms with van der Waals surface area (Å²) in [5, 5.41) is 0. The smallest absolute Gasteiger partial charge is 0.119 e. The Hall–Kier alpha value is -1.22. The predicted octanol–water partition coefficient (Wildman–Crippen LogP) is 2.42. The highest BCUT2D eigenvalue weighted by Crippen LogP contribution is 2.20. The van der Waals surface area contributed by atoms with Crippen LogP contribution < -0.4 is 9.47 Å². The molecule has 0 spiro atoms. The van der Waals surface area contributed by atoms with Crippen molar-refractivity contribution in [3.05, 3.63) is 24.3 Å². The Morgan fingerprint density at radius 3 is 2.29 bits per heavy atom. The van der Waals surface area contributed by atoms with E-state index in [0.717, 1.165) is 18.1 Å². The summed E-state index contributed by atoms with van der Waals surface area (Å²) in [6.45, 7) is 3.22. The number of ether oxygens (including phenoxy) is 2. The number of nitrogens with zero attached hydrogens (tertiary/aromatic N) is 1. The molecule has 1 fully saturated rings. The van der Waals surface area contributed by atoms with Crippen LogP contribution in [0.1, 0.15) is 12.8 Å². The minimum Gasteiger partial charge on any atom is -0.497 e. The number of piperidine rings is 1. The van der Waals surface area contributed by atoms with Gasteiger partial charge in [-0.25, -0.2) is 0 Å². The van der Waals surface area contributed by atoms with Crippen molar-refractivity contribution >= 4 is 0 Å². The number of methoxy groups -OCH3 is 1. The third-order valence-corrected chi connectivity index (χ3v) is 3.38. The van der Waals surface area contributed by atoms with E-state index in [1.807, 2.05) is 24.3 Å². The van der Waals surface area contributed by atoms with Crippen LogP contribution in [0.15, 0.2) is 24.3 Å². The van der Waals surface area contributed by atoms with Gasteiger partial charge in [0, 0.05) is 0 Å². The number of hydrogen-bond donors (Lipinski definition) is 0. The molecule has 0 unspecified atom stereocenters. The quantitative estimate of drug-likeness (QED) is 0.800. The minimum absolute atomic E-state index is 0.702. The van der Waals surface area contributed by atoms with Gasteiger partial charge in [-0.1, -0.05) is 0 Å². The zero-order chi connectivity index (χ0) is 12.1. The molecule has 1 aliphatic heterocycles. The molecule has 0 radical (unpaired) electrons. The van der Waals surface area contributed by atoms with Gasteiger partial charge >= 0.3 is 0 Å². The lowest BCUT2D eigenvalue weighted by molar-refractivity contribution is 0.160. The van der Waals surface area contributed by atoms with Crippen LogP contribution in [-0.2, 0) is 0 Å². The van der Waals surface area contributed by atoms with Crippen LogP contribution in [0.3, 0.4) is 0 Å². The number of hydrogen-bond acceptors (Lipinski definition) is 3. The van der Waals surface area contributed by atoms with Crippen molar-refractivity contribution in [1.29, 1.82) is 0 Å². The van der Waals surface area contributed by atoms with Crippen molar-refractivity contribution in [2.45, 2.75) is 12.8 Å². The van der Waals surface area contributed by atoms with Gasteiger partial charge in [0.05, 0.1) is 13.7 Å². The molecule has 0 bridgehead atoms. The van der Waals surface area contributed by atoms with Gasteiger partial charge in [0.2, 0.25) is 0 Å². The molecular formula is C14H21NO2. The molecule has 0 saturated carbocycles. The molecule has 1 aromatic rings. The van der Waals surface area contributed by atoms with E-state index < -0.39 is 0 Å². The summed E-state index contributed by atoms with van der Waals surface area (Å²) >= 11 is 0. The summed E-state index contributed by atoms with van der Waals surface area (Å²) < 4.78 is 10.9.